The summed E-state index contributed by atoms with van der Waals surface area (Å²) in [4.78, 5) is 7.36. The van der Waals surface area contributed by atoms with E-state index in [-0.39, 0.29) is 6.10 Å². The Balaban J connectivity index is 2.16. The van der Waals surface area contributed by atoms with E-state index in [1.165, 1.54) is 11.3 Å². The third kappa shape index (κ3) is 2.36. The van der Waals surface area contributed by atoms with E-state index in [1.807, 2.05) is 0 Å². The maximum atomic E-state index is 5.29. The number of hydrogen-bond donors (Lipinski definition) is 1. The van der Waals surface area contributed by atoms with Crippen molar-refractivity contribution in [2.45, 2.75) is 32.3 Å². The molecule has 3 heteroatoms. The number of nitrogens with two attached hydrogens (primary N) is 1. The van der Waals surface area contributed by atoms with Crippen LogP contribution in [-0.2, 0) is 11.3 Å². The number of para-hydroxylation sites is 1. The molecule has 3 nitrogen and oxygen atoms in total. The van der Waals surface area contributed by atoms with E-state index in [2.05, 4.69) is 36.1 Å². The van der Waals surface area contributed by atoms with Crippen LogP contribution in [0.1, 0.15) is 25.3 Å². The Morgan fingerprint density at radius 2 is 2.25 bits per heavy atom. The highest BCUT2D eigenvalue weighted by Crippen LogP contribution is 2.24. The van der Waals surface area contributed by atoms with Crippen molar-refractivity contribution in [1.29, 1.82) is 0 Å². The molecular formula is C13H20N2O. The van der Waals surface area contributed by atoms with Gasteiger partial charge in [0.05, 0.1) is 6.10 Å². The van der Waals surface area contributed by atoms with E-state index in [0.29, 0.717) is 0 Å². The van der Waals surface area contributed by atoms with Gasteiger partial charge in [-0.3, -0.25) is 4.84 Å². The summed E-state index contributed by atoms with van der Waals surface area (Å²) in [5, 5.41) is 0. The van der Waals surface area contributed by atoms with E-state index in [4.69, 9.17) is 10.7 Å². The predicted octanol–water partition coefficient (Wildman–Crippen LogP) is 2.11. The highest BCUT2D eigenvalue weighted by Gasteiger charge is 2.21. The summed E-state index contributed by atoms with van der Waals surface area (Å²) in [5.74, 6) is 5.29. The number of aryl methyl sites for hydroxylation is 1. The first-order valence-electron chi connectivity index (χ1n) is 6.03. The molecule has 0 aromatic heterocycles. The first-order chi connectivity index (χ1) is 7.85. The van der Waals surface area contributed by atoms with Crippen molar-refractivity contribution in [2.75, 3.05) is 18.0 Å². The minimum absolute atomic E-state index is 0.179. The van der Waals surface area contributed by atoms with Crippen molar-refractivity contribution in [3.63, 3.8) is 0 Å². The lowest BCUT2D eigenvalue weighted by atomic mass is 10.0. The Hall–Kier alpha value is -1.06. The van der Waals surface area contributed by atoms with E-state index < -0.39 is 0 Å². The molecule has 0 saturated carbocycles. The Bertz CT molecular complexity index is 340. The minimum Gasteiger partial charge on any atom is -0.369 e. The van der Waals surface area contributed by atoms with Crippen LogP contribution in [0.3, 0.4) is 0 Å². The van der Waals surface area contributed by atoms with Crippen molar-refractivity contribution in [3.05, 3.63) is 29.8 Å². The van der Waals surface area contributed by atoms with Crippen LogP contribution in [0.25, 0.3) is 0 Å². The molecule has 1 atom stereocenters. The summed E-state index contributed by atoms with van der Waals surface area (Å²) < 4.78 is 0. The average molecular weight is 220 g/mol. The molecular weight excluding hydrogens is 200 g/mol. The minimum atomic E-state index is 0.179. The second kappa shape index (κ2) is 5.32. The van der Waals surface area contributed by atoms with E-state index in [0.717, 1.165) is 32.4 Å². The number of nitrogens with zero attached hydrogens (tertiary/aromatic N) is 1. The molecule has 16 heavy (non-hydrogen) atoms. The monoisotopic (exact) mass is 220 g/mol. The maximum Gasteiger partial charge on any atom is 0.0962 e. The Kier molecular flexibility index (Phi) is 3.80. The summed E-state index contributed by atoms with van der Waals surface area (Å²) in [6, 6.07) is 8.59. The van der Waals surface area contributed by atoms with Gasteiger partial charge in [0.15, 0.2) is 0 Å². The van der Waals surface area contributed by atoms with E-state index >= 15 is 0 Å². The van der Waals surface area contributed by atoms with Crippen LogP contribution < -0.4 is 10.8 Å². The fraction of sp³-hybridized carbons (Fsp3) is 0.538. The van der Waals surface area contributed by atoms with Gasteiger partial charge in [0.1, 0.15) is 0 Å². The number of anilines is 1. The molecule has 0 spiro atoms. The van der Waals surface area contributed by atoms with Crippen molar-refractivity contribution < 1.29 is 4.84 Å². The molecule has 1 fully saturated rings. The zero-order chi connectivity index (χ0) is 11.4. The molecule has 0 radical (unpaired) electrons. The smallest absolute Gasteiger partial charge is 0.0962 e. The van der Waals surface area contributed by atoms with Crippen LogP contribution in [0.15, 0.2) is 24.3 Å². The maximum absolute atomic E-state index is 5.29. The van der Waals surface area contributed by atoms with E-state index in [1.54, 1.807) is 0 Å². The molecule has 2 N–H and O–H groups in total. The summed E-state index contributed by atoms with van der Waals surface area (Å²) in [6.07, 6.45) is 3.47. The van der Waals surface area contributed by atoms with Gasteiger partial charge in [-0.25, -0.2) is 5.90 Å². The number of piperidine rings is 1. The SMILES string of the molecule is CCc1ccccc1N1CCCC(ON)C1. The Morgan fingerprint density at radius 1 is 1.44 bits per heavy atom. The molecule has 1 heterocycles. The van der Waals surface area contributed by atoms with Gasteiger partial charge in [0.25, 0.3) is 0 Å². The molecule has 1 saturated heterocycles. The highest BCUT2D eigenvalue weighted by molar-refractivity contribution is 5.54. The molecule has 2 rings (SSSR count). The fourth-order valence-electron chi connectivity index (χ4n) is 2.39. The van der Waals surface area contributed by atoms with Crippen molar-refractivity contribution >= 4 is 5.69 Å². The van der Waals surface area contributed by atoms with E-state index in [9.17, 15) is 0 Å². The zero-order valence-corrected chi connectivity index (χ0v) is 9.86. The fourth-order valence-corrected chi connectivity index (χ4v) is 2.39. The second-order valence-electron chi connectivity index (χ2n) is 4.33. The number of benzene rings is 1. The van der Waals surface area contributed by atoms with Gasteiger partial charge in [0, 0.05) is 18.8 Å². The van der Waals surface area contributed by atoms with Gasteiger partial charge in [-0.15, -0.1) is 0 Å². The molecule has 0 bridgehead atoms. The van der Waals surface area contributed by atoms with Crippen LogP contribution in [0.2, 0.25) is 0 Å². The van der Waals surface area contributed by atoms with Crippen molar-refractivity contribution in [2.24, 2.45) is 5.90 Å². The molecule has 1 unspecified atom stereocenters. The van der Waals surface area contributed by atoms with Gasteiger partial charge < -0.3 is 4.90 Å². The van der Waals surface area contributed by atoms with Gasteiger partial charge in [-0.05, 0) is 30.9 Å². The van der Waals surface area contributed by atoms with Crippen LogP contribution in [0, 0.1) is 0 Å². The third-order valence-electron chi connectivity index (χ3n) is 3.28. The van der Waals surface area contributed by atoms with Crippen LogP contribution in [0.4, 0.5) is 5.69 Å². The average Bonchev–Trinajstić information content (AvgIpc) is 2.38. The Labute approximate surface area is 97.1 Å². The van der Waals surface area contributed by atoms with Crippen molar-refractivity contribution in [3.8, 4) is 0 Å². The number of hydrogen-bond acceptors (Lipinski definition) is 3. The quantitative estimate of drug-likeness (QED) is 0.793. The summed E-state index contributed by atoms with van der Waals surface area (Å²) in [6.45, 7) is 4.21. The highest BCUT2D eigenvalue weighted by atomic mass is 16.6. The first-order valence-corrected chi connectivity index (χ1v) is 6.03. The van der Waals surface area contributed by atoms with Gasteiger partial charge in [-0.1, -0.05) is 25.1 Å². The third-order valence-corrected chi connectivity index (χ3v) is 3.28. The zero-order valence-electron chi connectivity index (χ0n) is 9.86. The Morgan fingerprint density at radius 3 is 3.00 bits per heavy atom. The van der Waals surface area contributed by atoms with Crippen LogP contribution in [-0.4, -0.2) is 19.2 Å². The summed E-state index contributed by atoms with van der Waals surface area (Å²) >= 11 is 0. The first kappa shape index (κ1) is 11.4. The largest absolute Gasteiger partial charge is 0.369 e. The van der Waals surface area contributed by atoms with Gasteiger partial charge >= 0.3 is 0 Å². The predicted molar refractivity (Wildman–Crippen MR) is 66.3 cm³/mol. The normalized spacial score (nSPS) is 21.1. The van der Waals surface area contributed by atoms with Gasteiger partial charge in [-0.2, -0.15) is 0 Å². The summed E-state index contributed by atoms with van der Waals surface area (Å²) in [7, 11) is 0. The standard InChI is InChI=1S/C13H20N2O/c1-2-11-6-3-4-8-13(11)15-9-5-7-12(10-15)16-14/h3-4,6,8,12H,2,5,7,9-10,14H2,1H3. The summed E-state index contributed by atoms with van der Waals surface area (Å²) in [5.41, 5.74) is 2.74. The molecule has 0 aliphatic carbocycles. The number of rotatable bonds is 3. The second-order valence-corrected chi connectivity index (χ2v) is 4.33. The van der Waals surface area contributed by atoms with Crippen LogP contribution >= 0.6 is 0 Å². The topological polar surface area (TPSA) is 38.5 Å². The molecule has 1 aliphatic rings. The molecule has 1 aliphatic heterocycles. The molecule has 0 amide bonds. The van der Waals surface area contributed by atoms with Crippen LogP contribution in [0.5, 0.6) is 0 Å². The van der Waals surface area contributed by atoms with Gasteiger partial charge in [0.2, 0.25) is 0 Å². The lowest BCUT2D eigenvalue weighted by Crippen LogP contribution is -2.41. The molecule has 88 valence electrons. The molecule has 1 aromatic rings. The lowest BCUT2D eigenvalue weighted by Gasteiger charge is -2.34. The molecule has 1 aromatic carbocycles. The van der Waals surface area contributed by atoms with Crippen molar-refractivity contribution in [1.82, 2.24) is 0 Å². The lowest BCUT2D eigenvalue weighted by molar-refractivity contribution is 0.0434.